The first kappa shape index (κ1) is 14.0. The number of nitrogens with zero attached hydrogens (tertiary/aromatic N) is 2. The van der Waals surface area contributed by atoms with Crippen molar-refractivity contribution in [1.82, 2.24) is 10.1 Å². The standard InChI is InChI=1S/C14H21FN2O3/c1-10-7-11(16-20-10)9-17(2)13-3-4-14(8-12(13)15)18-5-6-19-14/h7,12-13H,3-6,8-9H2,1-2H3. The number of aryl methyl sites for hydroxylation is 1. The normalized spacial score (nSPS) is 29.4. The van der Waals surface area contributed by atoms with E-state index in [4.69, 9.17) is 14.0 Å². The maximum Gasteiger partial charge on any atom is 0.171 e. The molecule has 0 bridgehead atoms. The number of hydrogen-bond donors (Lipinski definition) is 0. The number of hydrogen-bond acceptors (Lipinski definition) is 5. The van der Waals surface area contributed by atoms with Gasteiger partial charge in [0.1, 0.15) is 11.9 Å². The molecule has 5 nitrogen and oxygen atoms in total. The fourth-order valence-electron chi connectivity index (χ4n) is 3.20. The Morgan fingerprint density at radius 2 is 2.20 bits per heavy atom. The second-order valence-corrected chi connectivity index (χ2v) is 5.78. The first-order valence-electron chi connectivity index (χ1n) is 7.12. The third-order valence-electron chi connectivity index (χ3n) is 4.21. The Balaban J connectivity index is 1.60. The maximum absolute atomic E-state index is 14.5. The molecule has 0 aromatic carbocycles. The lowest BCUT2D eigenvalue weighted by Gasteiger charge is -2.41. The molecule has 0 amide bonds. The topological polar surface area (TPSA) is 47.7 Å². The minimum absolute atomic E-state index is 0.120. The molecule has 6 heteroatoms. The summed E-state index contributed by atoms with van der Waals surface area (Å²) in [7, 11) is 1.93. The highest BCUT2D eigenvalue weighted by Crippen LogP contribution is 2.38. The van der Waals surface area contributed by atoms with Gasteiger partial charge in [-0.25, -0.2) is 4.39 Å². The van der Waals surface area contributed by atoms with E-state index in [0.29, 0.717) is 26.2 Å². The zero-order chi connectivity index (χ0) is 14.2. The summed E-state index contributed by atoms with van der Waals surface area (Å²) in [6.45, 7) is 3.60. The third-order valence-corrected chi connectivity index (χ3v) is 4.21. The summed E-state index contributed by atoms with van der Waals surface area (Å²) in [6, 6.07) is 1.77. The van der Waals surface area contributed by atoms with E-state index in [9.17, 15) is 4.39 Å². The summed E-state index contributed by atoms with van der Waals surface area (Å²) in [5.74, 6) is 0.113. The predicted molar refractivity (Wildman–Crippen MR) is 69.9 cm³/mol. The maximum atomic E-state index is 14.5. The summed E-state index contributed by atoms with van der Waals surface area (Å²) in [6.07, 6.45) is 0.856. The van der Waals surface area contributed by atoms with E-state index in [2.05, 4.69) is 5.16 Å². The van der Waals surface area contributed by atoms with Crippen LogP contribution in [0.4, 0.5) is 4.39 Å². The average Bonchev–Trinajstić information content (AvgIpc) is 2.99. The van der Waals surface area contributed by atoms with Crippen LogP contribution in [0.3, 0.4) is 0 Å². The number of rotatable bonds is 3. The van der Waals surface area contributed by atoms with Crippen molar-refractivity contribution in [3.63, 3.8) is 0 Å². The summed E-state index contributed by atoms with van der Waals surface area (Å²) < 4.78 is 30.7. The van der Waals surface area contributed by atoms with E-state index in [1.807, 2.05) is 24.9 Å². The molecule has 1 aromatic rings. The van der Waals surface area contributed by atoms with Gasteiger partial charge in [-0.05, 0) is 20.4 Å². The van der Waals surface area contributed by atoms with E-state index in [1.54, 1.807) is 0 Å². The van der Waals surface area contributed by atoms with Crippen LogP contribution in [0.5, 0.6) is 0 Å². The molecular weight excluding hydrogens is 263 g/mol. The molecule has 2 atom stereocenters. The van der Waals surface area contributed by atoms with Crippen LogP contribution < -0.4 is 0 Å². The van der Waals surface area contributed by atoms with Crippen LogP contribution in [0, 0.1) is 6.92 Å². The van der Waals surface area contributed by atoms with Gasteiger partial charge in [0.2, 0.25) is 0 Å². The van der Waals surface area contributed by atoms with Gasteiger partial charge < -0.3 is 14.0 Å². The Labute approximate surface area is 118 Å². The quantitative estimate of drug-likeness (QED) is 0.850. The lowest BCUT2D eigenvalue weighted by molar-refractivity contribution is -0.197. The molecule has 20 heavy (non-hydrogen) atoms. The number of alkyl halides is 1. The molecule has 1 spiro atoms. The van der Waals surface area contributed by atoms with E-state index >= 15 is 0 Å². The zero-order valence-electron chi connectivity index (χ0n) is 12.0. The molecule has 1 aromatic heterocycles. The van der Waals surface area contributed by atoms with Crippen LogP contribution in [0.1, 0.15) is 30.7 Å². The molecule has 2 heterocycles. The van der Waals surface area contributed by atoms with Gasteiger partial charge in [0.15, 0.2) is 5.79 Å². The lowest BCUT2D eigenvalue weighted by Crippen LogP contribution is -2.49. The molecule has 0 radical (unpaired) electrons. The van der Waals surface area contributed by atoms with Gasteiger partial charge in [0, 0.05) is 31.5 Å². The highest BCUT2D eigenvalue weighted by Gasteiger charge is 2.46. The molecule has 1 saturated heterocycles. The highest BCUT2D eigenvalue weighted by molar-refractivity contribution is 5.04. The molecule has 1 aliphatic carbocycles. The first-order valence-corrected chi connectivity index (χ1v) is 7.12. The molecule has 1 aliphatic heterocycles. The lowest BCUT2D eigenvalue weighted by atomic mass is 9.87. The van der Waals surface area contributed by atoms with Crippen molar-refractivity contribution in [3.05, 3.63) is 17.5 Å². The van der Waals surface area contributed by atoms with Gasteiger partial charge in [-0.15, -0.1) is 0 Å². The van der Waals surface area contributed by atoms with Crippen molar-refractivity contribution >= 4 is 0 Å². The predicted octanol–water partition coefficient (Wildman–Crippen LogP) is 2.05. The van der Waals surface area contributed by atoms with E-state index < -0.39 is 12.0 Å². The fourth-order valence-corrected chi connectivity index (χ4v) is 3.20. The van der Waals surface area contributed by atoms with E-state index in [0.717, 1.165) is 24.3 Å². The summed E-state index contributed by atoms with van der Waals surface area (Å²) in [4.78, 5) is 2.00. The van der Waals surface area contributed by atoms with Crippen molar-refractivity contribution in [3.8, 4) is 0 Å². The molecule has 112 valence electrons. The Morgan fingerprint density at radius 3 is 2.80 bits per heavy atom. The van der Waals surface area contributed by atoms with Crippen molar-refractivity contribution in [2.24, 2.45) is 0 Å². The molecule has 3 rings (SSSR count). The van der Waals surface area contributed by atoms with Crippen LogP contribution in [-0.2, 0) is 16.0 Å². The Morgan fingerprint density at radius 1 is 1.45 bits per heavy atom. The largest absolute Gasteiger partial charge is 0.361 e. The van der Waals surface area contributed by atoms with E-state index in [-0.39, 0.29) is 6.04 Å². The molecule has 0 N–H and O–H groups in total. The first-order chi connectivity index (χ1) is 9.58. The molecule has 1 saturated carbocycles. The average molecular weight is 284 g/mol. The molecule has 2 fully saturated rings. The zero-order valence-corrected chi connectivity index (χ0v) is 12.0. The minimum Gasteiger partial charge on any atom is -0.361 e. The van der Waals surface area contributed by atoms with Crippen molar-refractivity contribution in [2.75, 3.05) is 20.3 Å². The second-order valence-electron chi connectivity index (χ2n) is 5.78. The molecule has 2 aliphatic rings. The Bertz CT molecular complexity index is 459. The van der Waals surface area contributed by atoms with Gasteiger partial charge in [-0.3, -0.25) is 4.90 Å². The monoisotopic (exact) mass is 284 g/mol. The third kappa shape index (κ3) is 2.73. The number of halogens is 1. The Hall–Kier alpha value is -0.980. The summed E-state index contributed by atoms with van der Waals surface area (Å²) in [5, 5.41) is 3.96. The summed E-state index contributed by atoms with van der Waals surface area (Å²) in [5.41, 5.74) is 0.839. The van der Waals surface area contributed by atoms with Crippen LogP contribution in [0.15, 0.2) is 10.6 Å². The summed E-state index contributed by atoms with van der Waals surface area (Å²) >= 11 is 0. The smallest absolute Gasteiger partial charge is 0.171 e. The van der Waals surface area contributed by atoms with Crippen molar-refractivity contribution in [2.45, 2.75) is 50.7 Å². The van der Waals surface area contributed by atoms with Gasteiger partial charge >= 0.3 is 0 Å². The van der Waals surface area contributed by atoms with E-state index in [1.165, 1.54) is 0 Å². The second kappa shape index (κ2) is 5.42. The molecule has 2 unspecified atom stereocenters. The number of aromatic nitrogens is 1. The Kier molecular flexibility index (Phi) is 3.79. The van der Waals surface area contributed by atoms with Gasteiger partial charge in [0.25, 0.3) is 0 Å². The fraction of sp³-hybridized carbons (Fsp3) is 0.786. The van der Waals surface area contributed by atoms with Crippen molar-refractivity contribution in [1.29, 1.82) is 0 Å². The van der Waals surface area contributed by atoms with Crippen LogP contribution in [0.25, 0.3) is 0 Å². The van der Waals surface area contributed by atoms with Crippen molar-refractivity contribution < 1.29 is 18.4 Å². The van der Waals surface area contributed by atoms with Gasteiger partial charge in [0.05, 0.1) is 18.9 Å². The highest BCUT2D eigenvalue weighted by atomic mass is 19.1. The van der Waals surface area contributed by atoms with Crippen LogP contribution >= 0.6 is 0 Å². The number of ether oxygens (including phenoxy) is 2. The van der Waals surface area contributed by atoms with Crippen LogP contribution in [-0.4, -0.2) is 48.3 Å². The van der Waals surface area contributed by atoms with Gasteiger partial charge in [-0.2, -0.15) is 0 Å². The van der Waals surface area contributed by atoms with Gasteiger partial charge in [-0.1, -0.05) is 5.16 Å². The van der Waals surface area contributed by atoms with Crippen LogP contribution in [0.2, 0.25) is 0 Å². The minimum atomic E-state index is -0.945. The molecular formula is C14H21FN2O3. The SMILES string of the molecule is Cc1cc(CN(C)C2CCC3(CC2F)OCCO3)no1.